The molecule has 1 saturated heterocycles. The van der Waals surface area contributed by atoms with Crippen LogP contribution in [-0.4, -0.2) is 72.0 Å². The number of rotatable bonds is 6. The summed E-state index contributed by atoms with van der Waals surface area (Å²) in [6, 6.07) is -1.73. The van der Waals surface area contributed by atoms with E-state index in [-0.39, 0.29) is 26.1 Å². The van der Waals surface area contributed by atoms with Crippen molar-refractivity contribution in [2.45, 2.75) is 25.0 Å². The SMILES string of the molecule is O=C(O)C1CC(O)CN1C(=O)NCCOCC(F)F. The molecule has 2 amide bonds. The van der Waals surface area contributed by atoms with Crippen molar-refractivity contribution in [2.24, 2.45) is 0 Å². The fraction of sp³-hybridized carbons (Fsp3) is 0.800. The van der Waals surface area contributed by atoms with E-state index >= 15 is 0 Å². The molecule has 2 unspecified atom stereocenters. The van der Waals surface area contributed by atoms with Crippen LogP contribution >= 0.6 is 0 Å². The second-order valence-corrected chi connectivity index (χ2v) is 4.09. The summed E-state index contributed by atoms with van der Waals surface area (Å²) in [5.41, 5.74) is 0. The average Bonchev–Trinajstić information content (AvgIpc) is 2.70. The van der Waals surface area contributed by atoms with Crippen molar-refractivity contribution in [1.82, 2.24) is 10.2 Å². The summed E-state index contributed by atoms with van der Waals surface area (Å²) in [5, 5.41) is 20.6. The number of nitrogens with zero attached hydrogens (tertiary/aromatic N) is 1. The first kappa shape index (κ1) is 15.6. The van der Waals surface area contributed by atoms with E-state index in [4.69, 9.17) is 5.11 Å². The van der Waals surface area contributed by atoms with Gasteiger partial charge < -0.3 is 25.2 Å². The number of carboxylic acids is 1. The summed E-state index contributed by atoms with van der Waals surface area (Å²) in [7, 11) is 0. The number of nitrogens with one attached hydrogen (secondary N) is 1. The van der Waals surface area contributed by atoms with Crippen LogP contribution in [0.4, 0.5) is 13.6 Å². The van der Waals surface area contributed by atoms with Crippen molar-refractivity contribution in [3.63, 3.8) is 0 Å². The number of aliphatic hydroxyl groups is 1. The summed E-state index contributed by atoms with van der Waals surface area (Å²) in [5.74, 6) is -1.19. The quantitative estimate of drug-likeness (QED) is 0.570. The van der Waals surface area contributed by atoms with E-state index in [1.54, 1.807) is 0 Å². The number of likely N-dealkylation sites (tertiary alicyclic amines) is 1. The van der Waals surface area contributed by atoms with Crippen LogP contribution in [0.15, 0.2) is 0 Å². The number of aliphatic hydroxyl groups excluding tert-OH is 1. The van der Waals surface area contributed by atoms with Crippen LogP contribution in [0.25, 0.3) is 0 Å². The van der Waals surface area contributed by atoms with Gasteiger partial charge in [0.1, 0.15) is 12.6 Å². The Morgan fingerprint density at radius 1 is 1.47 bits per heavy atom. The van der Waals surface area contributed by atoms with Gasteiger partial charge in [0.2, 0.25) is 0 Å². The number of β-amino-alcohol motifs (C(OH)–C–C–N with tert-alkyl or cyclic N) is 1. The molecule has 0 aromatic rings. The van der Waals surface area contributed by atoms with E-state index in [0.29, 0.717) is 0 Å². The first-order chi connectivity index (χ1) is 8.91. The standard InChI is InChI=1S/C10H16F2N2O5/c11-8(12)5-19-2-1-13-10(18)14-4-6(15)3-7(14)9(16)17/h6-8,15H,1-5H2,(H,13,18)(H,16,17). The first-order valence-corrected chi connectivity index (χ1v) is 5.73. The van der Waals surface area contributed by atoms with Gasteiger partial charge in [-0.2, -0.15) is 0 Å². The fourth-order valence-electron chi connectivity index (χ4n) is 1.78. The highest BCUT2D eigenvalue weighted by atomic mass is 19.3. The van der Waals surface area contributed by atoms with Gasteiger partial charge in [-0.05, 0) is 0 Å². The van der Waals surface area contributed by atoms with Gasteiger partial charge in [-0.25, -0.2) is 18.4 Å². The molecule has 7 nitrogen and oxygen atoms in total. The number of carbonyl (C=O) groups is 2. The van der Waals surface area contributed by atoms with Gasteiger partial charge in [0.15, 0.2) is 0 Å². The molecule has 1 fully saturated rings. The molecule has 1 rings (SSSR count). The molecule has 1 heterocycles. The van der Waals surface area contributed by atoms with Crippen molar-refractivity contribution in [3.8, 4) is 0 Å². The maximum atomic E-state index is 11.7. The topological polar surface area (TPSA) is 99.1 Å². The third kappa shape index (κ3) is 4.95. The average molecular weight is 282 g/mol. The van der Waals surface area contributed by atoms with E-state index in [9.17, 15) is 23.5 Å². The second-order valence-electron chi connectivity index (χ2n) is 4.09. The largest absolute Gasteiger partial charge is 0.480 e. The third-order valence-electron chi connectivity index (χ3n) is 2.59. The monoisotopic (exact) mass is 282 g/mol. The van der Waals surface area contributed by atoms with Crippen molar-refractivity contribution in [3.05, 3.63) is 0 Å². The Bertz CT molecular complexity index is 329. The van der Waals surface area contributed by atoms with E-state index in [2.05, 4.69) is 10.1 Å². The molecule has 0 aliphatic carbocycles. The van der Waals surface area contributed by atoms with Crippen molar-refractivity contribution >= 4 is 12.0 Å². The number of hydrogen-bond acceptors (Lipinski definition) is 4. The molecular formula is C10H16F2N2O5. The minimum atomic E-state index is -2.57. The van der Waals surface area contributed by atoms with Crippen LogP contribution < -0.4 is 5.32 Å². The van der Waals surface area contributed by atoms with E-state index < -0.39 is 37.2 Å². The highest BCUT2D eigenvalue weighted by molar-refractivity contribution is 5.83. The second kappa shape index (κ2) is 7.19. The maximum Gasteiger partial charge on any atom is 0.326 e. The zero-order valence-electron chi connectivity index (χ0n) is 10.1. The predicted octanol–water partition coefficient (Wildman–Crippen LogP) is -0.502. The first-order valence-electron chi connectivity index (χ1n) is 5.73. The van der Waals surface area contributed by atoms with Crippen LogP contribution in [0.3, 0.4) is 0 Å². The molecule has 19 heavy (non-hydrogen) atoms. The summed E-state index contributed by atoms with van der Waals surface area (Å²) < 4.78 is 28.0. The van der Waals surface area contributed by atoms with Gasteiger partial charge in [-0.1, -0.05) is 0 Å². The van der Waals surface area contributed by atoms with Gasteiger partial charge in [0, 0.05) is 19.5 Å². The fourth-order valence-corrected chi connectivity index (χ4v) is 1.78. The van der Waals surface area contributed by atoms with Crippen molar-refractivity contribution < 1.29 is 33.3 Å². The van der Waals surface area contributed by atoms with E-state index in [1.165, 1.54) is 0 Å². The highest BCUT2D eigenvalue weighted by Gasteiger charge is 2.38. The number of urea groups is 1. The Morgan fingerprint density at radius 2 is 2.16 bits per heavy atom. The highest BCUT2D eigenvalue weighted by Crippen LogP contribution is 2.17. The van der Waals surface area contributed by atoms with Crippen LogP contribution in [0.1, 0.15) is 6.42 Å². The normalized spacial score (nSPS) is 22.8. The molecular weight excluding hydrogens is 266 g/mol. The van der Waals surface area contributed by atoms with Gasteiger partial charge in [0.05, 0.1) is 12.7 Å². The van der Waals surface area contributed by atoms with Gasteiger partial charge in [-0.15, -0.1) is 0 Å². The molecule has 9 heteroatoms. The van der Waals surface area contributed by atoms with Gasteiger partial charge >= 0.3 is 12.0 Å². The summed E-state index contributed by atoms with van der Waals surface area (Å²) in [6.45, 7) is -0.883. The Morgan fingerprint density at radius 3 is 2.74 bits per heavy atom. The summed E-state index contributed by atoms with van der Waals surface area (Å²) in [4.78, 5) is 23.5. The number of alkyl halides is 2. The van der Waals surface area contributed by atoms with Crippen LogP contribution in [-0.2, 0) is 9.53 Å². The Kier molecular flexibility index (Phi) is 5.90. The molecule has 3 N–H and O–H groups in total. The molecule has 110 valence electrons. The number of amides is 2. The zero-order valence-corrected chi connectivity index (χ0v) is 10.1. The van der Waals surface area contributed by atoms with Crippen LogP contribution in [0.2, 0.25) is 0 Å². The molecule has 0 bridgehead atoms. The summed E-state index contributed by atoms with van der Waals surface area (Å²) in [6.07, 6.45) is -3.47. The molecule has 1 aliphatic heterocycles. The zero-order chi connectivity index (χ0) is 14.4. The molecule has 0 spiro atoms. The lowest BCUT2D eigenvalue weighted by Gasteiger charge is -2.21. The predicted molar refractivity (Wildman–Crippen MR) is 59.0 cm³/mol. The van der Waals surface area contributed by atoms with Crippen LogP contribution in [0.5, 0.6) is 0 Å². The van der Waals surface area contributed by atoms with E-state index in [0.717, 1.165) is 4.90 Å². The lowest BCUT2D eigenvalue weighted by Crippen LogP contribution is -2.47. The summed E-state index contributed by atoms with van der Waals surface area (Å²) >= 11 is 0. The molecule has 0 aromatic carbocycles. The van der Waals surface area contributed by atoms with Crippen molar-refractivity contribution in [1.29, 1.82) is 0 Å². The lowest BCUT2D eigenvalue weighted by atomic mass is 10.2. The smallest absolute Gasteiger partial charge is 0.326 e. The molecule has 0 radical (unpaired) electrons. The Hall–Kier alpha value is -1.48. The third-order valence-corrected chi connectivity index (χ3v) is 2.59. The van der Waals surface area contributed by atoms with Gasteiger partial charge in [0.25, 0.3) is 6.43 Å². The number of hydrogen-bond donors (Lipinski definition) is 3. The number of halogens is 2. The van der Waals surface area contributed by atoms with E-state index in [1.807, 2.05) is 0 Å². The molecule has 2 atom stereocenters. The minimum Gasteiger partial charge on any atom is -0.480 e. The molecule has 0 saturated carbocycles. The Balaban J connectivity index is 2.30. The Labute approximate surface area is 108 Å². The molecule has 0 aromatic heterocycles. The van der Waals surface area contributed by atoms with Crippen molar-refractivity contribution in [2.75, 3.05) is 26.3 Å². The number of carbonyl (C=O) groups excluding carboxylic acids is 1. The van der Waals surface area contributed by atoms with Crippen LogP contribution in [0, 0.1) is 0 Å². The number of ether oxygens (including phenoxy) is 1. The number of aliphatic carboxylic acids is 1. The van der Waals surface area contributed by atoms with Gasteiger partial charge in [-0.3, -0.25) is 0 Å². The lowest BCUT2D eigenvalue weighted by molar-refractivity contribution is -0.141. The molecule has 1 aliphatic rings. The maximum absolute atomic E-state index is 11.7. The number of carboxylic acid groups (broad SMARTS) is 1. The minimum absolute atomic E-state index is 0.00944.